The van der Waals surface area contributed by atoms with Gasteiger partial charge in [0.2, 0.25) is 5.91 Å². The van der Waals surface area contributed by atoms with Crippen molar-refractivity contribution in [2.45, 2.75) is 39.2 Å². The smallest absolute Gasteiger partial charge is 0.368 e. The maximum absolute atomic E-state index is 13.1. The minimum absolute atomic E-state index is 0.0577. The van der Waals surface area contributed by atoms with E-state index in [9.17, 15) is 40.7 Å². The predicted octanol–water partition coefficient (Wildman–Crippen LogP) is 3.98. The first kappa shape index (κ1) is 25.2. The summed E-state index contributed by atoms with van der Waals surface area (Å²) in [7, 11) is 2.93. The summed E-state index contributed by atoms with van der Waals surface area (Å²) < 4.78 is 78.4. The van der Waals surface area contributed by atoms with E-state index < -0.39 is 68.8 Å². The Balaban J connectivity index is 2.51. The third kappa shape index (κ3) is 5.22. The normalized spacial score (nSPS) is 13.7. The monoisotopic (exact) mass is 465 g/mol. The van der Waals surface area contributed by atoms with Gasteiger partial charge in [-0.1, -0.05) is 20.8 Å². The van der Waals surface area contributed by atoms with Gasteiger partial charge in [0.15, 0.2) is 0 Å². The summed E-state index contributed by atoms with van der Waals surface area (Å²) >= 11 is 0. The average Bonchev–Trinajstić information content (AvgIpc) is 2.63. The number of hydrogen-bond donors (Lipinski definition) is 2. The number of amides is 1. The highest BCUT2D eigenvalue weighted by Crippen LogP contribution is 2.38. The number of halogens is 6. The Morgan fingerprint density at radius 2 is 1.28 bits per heavy atom. The van der Waals surface area contributed by atoms with Crippen LogP contribution in [0.15, 0.2) is 27.8 Å². The molecule has 1 amide bonds. The summed E-state index contributed by atoms with van der Waals surface area (Å²) in [6, 6.07) is -0.282. The van der Waals surface area contributed by atoms with E-state index in [4.69, 9.17) is 0 Å². The topological polar surface area (TPSA) is 78.5 Å². The molecule has 0 radical (unpaired) electrons. The molecule has 0 saturated carbocycles. The van der Waals surface area contributed by atoms with Gasteiger partial charge in [0.05, 0.1) is 11.1 Å². The molecule has 2 rings (SSSR count). The van der Waals surface area contributed by atoms with Crippen molar-refractivity contribution in [1.82, 2.24) is 4.90 Å². The van der Waals surface area contributed by atoms with Gasteiger partial charge in [0, 0.05) is 19.8 Å². The maximum Gasteiger partial charge on any atom is 0.416 e. The number of carbonyl (C=O) groups is 1. The number of nitrogens with zero attached hydrogens (tertiary/aromatic N) is 1. The van der Waals surface area contributed by atoms with Crippen LogP contribution in [0.1, 0.15) is 31.9 Å². The number of carbonyl (C=O) groups excluding carboxylic acids is 1. The standard InChI is InChI=1S/C20H21F6N3O3/c1-18(2,3)16(17(32)29(4)5)28-13-12(14(30)15(13)31)27-11-7-9(19(21,22)23)6-10(8-11)20(24,25)26/h6-8,16,27-28H,1-5H3/t16-/m1/s1. The molecule has 0 aromatic heterocycles. The van der Waals surface area contributed by atoms with E-state index in [-0.39, 0.29) is 6.07 Å². The van der Waals surface area contributed by atoms with Crippen molar-refractivity contribution in [1.29, 1.82) is 0 Å². The minimum atomic E-state index is -5.08. The van der Waals surface area contributed by atoms with Gasteiger partial charge in [0.25, 0.3) is 10.9 Å². The highest BCUT2D eigenvalue weighted by atomic mass is 19.4. The van der Waals surface area contributed by atoms with Crippen LogP contribution in [0.5, 0.6) is 0 Å². The Morgan fingerprint density at radius 1 is 0.844 bits per heavy atom. The molecule has 1 atom stereocenters. The van der Waals surface area contributed by atoms with E-state index in [2.05, 4.69) is 10.6 Å². The maximum atomic E-state index is 13.1. The molecule has 0 aliphatic heterocycles. The van der Waals surface area contributed by atoms with E-state index >= 15 is 0 Å². The Morgan fingerprint density at radius 3 is 1.66 bits per heavy atom. The molecule has 0 bridgehead atoms. The molecule has 0 saturated heterocycles. The molecule has 6 nitrogen and oxygen atoms in total. The van der Waals surface area contributed by atoms with Gasteiger partial charge < -0.3 is 15.5 Å². The third-order valence-corrected chi connectivity index (χ3v) is 4.61. The van der Waals surface area contributed by atoms with Crippen LogP contribution in [0.25, 0.3) is 0 Å². The molecular formula is C20H21F6N3O3. The highest BCUT2D eigenvalue weighted by molar-refractivity contribution is 5.88. The van der Waals surface area contributed by atoms with Gasteiger partial charge in [-0.3, -0.25) is 14.4 Å². The molecule has 0 heterocycles. The molecule has 0 aliphatic carbocycles. The van der Waals surface area contributed by atoms with Crippen LogP contribution in [0, 0.1) is 5.41 Å². The molecule has 0 fully saturated rings. The molecule has 0 spiro atoms. The first-order valence-corrected chi connectivity index (χ1v) is 9.21. The van der Waals surface area contributed by atoms with Crippen LogP contribution in [0.3, 0.4) is 0 Å². The van der Waals surface area contributed by atoms with Gasteiger partial charge in [-0.25, -0.2) is 0 Å². The lowest BCUT2D eigenvalue weighted by Gasteiger charge is -2.33. The minimum Gasteiger partial charge on any atom is -0.368 e. The molecule has 12 heteroatoms. The summed E-state index contributed by atoms with van der Waals surface area (Å²) in [4.78, 5) is 37.8. The van der Waals surface area contributed by atoms with Crippen LogP contribution in [0.2, 0.25) is 0 Å². The quantitative estimate of drug-likeness (QED) is 0.516. The lowest BCUT2D eigenvalue weighted by molar-refractivity contribution is -0.143. The summed E-state index contributed by atoms with van der Waals surface area (Å²) in [6.07, 6.45) is -10.2. The lowest BCUT2D eigenvalue weighted by Crippen LogP contribution is -2.50. The fraction of sp³-hybridized carbons (Fsp3) is 0.450. The fourth-order valence-corrected chi connectivity index (χ4v) is 2.87. The second-order valence-electron chi connectivity index (χ2n) is 8.50. The number of alkyl halides is 6. The average molecular weight is 465 g/mol. The van der Waals surface area contributed by atoms with Crippen LogP contribution < -0.4 is 21.5 Å². The molecule has 176 valence electrons. The second-order valence-corrected chi connectivity index (χ2v) is 8.50. The van der Waals surface area contributed by atoms with Crippen LogP contribution in [-0.4, -0.2) is 30.9 Å². The first-order valence-electron chi connectivity index (χ1n) is 9.21. The zero-order chi connectivity index (χ0) is 24.8. The number of anilines is 3. The van der Waals surface area contributed by atoms with Gasteiger partial charge in [-0.15, -0.1) is 0 Å². The van der Waals surface area contributed by atoms with Gasteiger partial charge in [-0.2, -0.15) is 26.3 Å². The summed E-state index contributed by atoms with van der Waals surface area (Å²) in [5.74, 6) is -0.449. The highest BCUT2D eigenvalue weighted by Gasteiger charge is 2.38. The van der Waals surface area contributed by atoms with Crippen molar-refractivity contribution in [2.75, 3.05) is 24.7 Å². The predicted molar refractivity (Wildman–Crippen MR) is 107 cm³/mol. The molecule has 0 aliphatic rings. The molecule has 0 unspecified atom stereocenters. The van der Waals surface area contributed by atoms with Crippen molar-refractivity contribution in [3.63, 3.8) is 0 Å². The van der Waals surface area contributed by atoms with E-state index in [1.54, 1.807) is 20.8 Å². The number of likely N-dealkylation sites (N-methyl/N-ethyl adjacent to an activating group) is 1. The SMILES string of the molecule is CN(C)C(=O)[C@@H](Nc1c(Nc2cc(C(F)(F)F)cc(C(F)(F)F)c2)c(=O)c1=O)C(C)(C)C. The summed E-state index contributed by atoms with van der Waals surface area (Å²) in [5.41, 5.74) is -7.71. The van der Waals surface area contributed by atoms with Crippen LogP contribution in [-0.2, 0) is 17.1 Å². The number of benzene rings is 1. The Hall–Kier alpha value is -3.05. The number of hydrogen-bond acceptors (Lipinski definition) is 5. The van der Waals surface area contributed by atoms with E-state index in [1.807, 2.05) is 0 Å². The Kier molecular flexibility index (Phi) is 6.41. The molecule has 2 aromatic carbocycles. The Labute approximate surface area is 178 Å². The van der Waals surface area contributed by atoms with Crippen molar-refractivity contribution in [3.05, 3.63) is 49.8 Å². The van der Waals surface area contributed by atoms with E-state index in [0.717, 1.165) is 0 Å². The van der Waals surface area contributed by atoms with Crippen molar-refractivity contribution in [2.24, 2.45) is 5.41 Å². The zero-order valence-electron chi connectivity index (χ0n) is 17.7. The van der Waals surface area contributed by atoms with Gasteiger partial charge in [0.1, 0.15) is 17.4 Å². The van der Waals surface area contributed by atoms with Gasteiger partial charge >= 0.3 is 12.4 Å². The molecule has 2 N–H and O–H groups in total. The largest absolute Gasteiger partial charge is 0.416 e. The summed E-state index contributed by atoms with van der Waals surface area (Å²) in [5, 5.41) is 4.81. The molecular weight excluding hydrogens is 444 g/mol. The zero-order valence-corrected chi connectivity index (χ0v) is 17.7. The third-order valence-electron chi connectivity index (χ3n) is 4.61. The fourth-order valence-electron chi connectivity index (χ4n) is 2.87. The number of nitrogens with one attached hydrogen (secondary N) is 2. The first-order chi connectivity index (χ1) is 14.3. The summed E-state index contributed by atoms with van der Waals surface area (Å²) in [6.45, 7) is 5.02. The van der Waals surface area contributed by atoms with E-state index in [0.29, 0.717) is 12.1 Å². The lowest BCUT2D eigenvalue weighted by atomic mass is 9.85. The second kappa shape index (κ2) is 8.14. The van der Waals surface area contributed by atoms with Crippen molar-refractivity contribution in [3.8, 4) is 0 Å². The molecule has 32 heavy (non-hydrogen) atoms. The van der Waals surface area contributed by atoms with Crippen molar-refractivity contribution < 1.29 is 31.1 Å². The van der Waals surface area contributed by atoms with Gasteiger partial charge in [-0.05, 0) is 23.6 Å². The van der Waals surface area contributed by atoms with Crippen LogP contribution >= 0.6 is 0 Å². The van der Waals surface area contributed by atoms with Crippen molar-refractivity contribution >= 4 is 23.0 Å². The molecule has 2 aromatic rings. The number of rotatable bonds is 5. The van der Waals surface area contributed by atoms with Crippen LogP contribution in [0.4, 0.5) is 43.4 Å². The van der Waals surface area contributed by atoms with E-state index in [1.165, 1.54) is 19.0 Å². The Bertz CT molecular complexity index is 1060.